The number of ether oxygens (including phenoxy) is 1. The fourth-order valence-corrected chi connectivity index (χ4v) is 2.74. The molecule has 2 aromatic carbocycles. The molecule has 3 aromatic rings. The number of rotatable bonds is 7. The normalized spacial score (nSPS) is 10.4. The molecule has 144 valence electrons. The van der Waals surface area contributed by atoms with Gasteiger partial charge in [0.15, 0.2) is 5.82 Å². The maximum atomic E-state index is 12.4. The van der Waals surface area contributed by atoms with Crippen molar-refractivity contribution in [3.8, 4) is 5.75 Å². The second kappa shape index (κ2) is 8.85. The molecule has 0 radical (unpaired) electrons. The Hall–Kier alpha value is -3.61. The summed E-state index contributed by atoms with van der Waals surface area (Å²) in [6.07, 6.45) is 0.640. The SMILES string of the molecule is COc1ccccc1CCNC(=O)c1cccc(C(=O)Nc2cc(C)on2)c1. The van der Waals surface area contributed by atoms with Gasteiger partial charge in [-0.05, 0) is 43.2 Å². The van der Waals surface area contributed by atoms with Gasteiger partial charge in [-0.25, -0.2) is 0 Å². The van der Waals surface area contributed by atoms with Crippen LogP contribution in [-0.2, 0) is 6.42 Å². The van der Waals surface area contributed by atoms with Crippen LogP contribution in [0, 0.1) is 6.92 Å². The summed E-state index contributed by atoms with van der Waals surface area (Å²) in [6.45, 7) is 2.19. The summed E-state index contributed by atoms with van der Waals surface area (Å²) in [4.78, 5) is 24.8. The van der Waals surface area contributed by atoms with Crippen LogP contribution in [-0.4, -0.2) is 30.6 Å². The van der Waals surface area contributed by atoms with Crippen LogP contribution in [0.2, 0.25) is 0 Å². The Bertz CT molecular complexity index is 981. The number of nitrogens with one attached hydrogen (secondary N) is 2. The fraction of sp³-hybridized carbons (Fsp3) is 0.190. The number of hydrogen-bond acceptors (Lipinski definition) is 5. The lowest BCUT2D eigenvalue weighted by Crippen LogP contribution is -2.26. The van der Waals surface area contributed by atoms with E-state index in [9.17, 15) is 9.59 Å². The minimum absolute atomic E-state index is 0.248. The lowest BCUT2D eigenvalue weighted by molar-refractivity contribution is 0.0954. The first-order chi connectivity index (χ1) is 13.6. The van der Waals surface area contributed by atoms with Crippen molar-refractivity contribution >= 4 is 17.6 Å². The summed E-state index contributed by atoms with van der Waals surface area (Å²) in [6, 6.07) is 15.8. The number of aromatic nitrogens is 1. The molecular formula is C21H21N3O4. The van der Waals surface area contributed by atoms with Crippen molar-refractivity contribution in [1.82, 2.24) is 10.5 Å². The number of methoxy groups -OCH3 is 1. The van der Waals surface area contributed by atoms with E-state index in [1.807, 2.05) is 24.3 Å². The van der Waals surface area contributed by atoms with Gasteiger partial charge in [0.2, 0.25) is 0 Å². The quantitative estimate of drug-likeness (QED) is 0.657. The van der Waals surface area contributed by atoms with Crippen LogP contribution in [0.5, 0.6) is 5.75 Å². The molecule has 0 aliphatic heterocycles. The molecule has 2 N–H and O–H groups in total. The second-order valence-corrected chi connectivity index (χ2v) is 6.18. The first kappa shape index (κ1) is 19.2. The molecule has 1 aromatic heterocycles. The van der Waals surface area contributed by atoms with E-state index in [-0.39, 0.29) is 11.8 Å². The summed E-state index contributed by atoms with van der Waals surface area (Å²) in [7, 11) is 1.62. The van der Waals surface area contributed by atoms with Gasteiger partial charge in [-0.2, -0.15) is 0 Å². The summed E-state index contributed by atoms with van der Waals surface area (Å²) in [5.74, 6) is 1.10. The van der Waals surface area contributed by atoms with Gasteiger partial charge in [0.25, 0.3) is 11.8 Å². The average molecular weight is 379 g/mol. The molecule has 0 spiro atoms. The van der Waals surface area contributed by atoms with Gasteiger partial charge in [-0.15, -0.1) is 0 Å². The molecular weight excluding hydrogens is 358 g/mol. The topological polar surface area (TPSA) is 93.5 Å². The molecule has 7 heteroatoms. The molecule has 28 heavy (non-hydrogen) atoms. The van der Waals surface area contributed by atoms with E-state index in [4.69, 9.17) is 9.26 Å². The van der Waals surface area contributed by atoms with E-state index >= 15 is 0 Å². The molecule has 0 saturated heterocycles. The zero-order chi connectivity index (χ0) is 19.9. The average Bonchev–Trinajstić information content (AvgIpc) is 3.13. The van der Waals surface area contributed by atoms with E-state index in [2.05, 4.69) is 15.8 Å². The van der Waals surface area contributed by atoms with Gasteiger partial charge in [-0.1, -0.05) is 29.4 Å². The van der Waals surface area contributed by atoms with Crippen molar-refractivity contribution in [2.24, 2.45) is 0 Å². The predicted octanol–water partition coefficient (Wildman–Crippen LogP) is 3.22. The number of carbonyl (C=O) groups is 2. The highest BCUT2D eigenvalue weighted by Gasteiger charge is 2.12. The molecule has 0 aliphatic carbocycles. The molecule has 7 nitrogen and oxygen atoms in total. The van der Waals surface area contributed by atoms with Gasteiger partial charge in [0.05, 0.1) is 7.11 Å². The van der Waals surface area contributed by atoms with Crippen LogP contribution in [0.4, 0.5) is 5.82 Å². The molecule has 0 unspecified atom stereocenters. The number of nitrogens with zero attached hydrogens (tertiary/aromatic N) is 1. The maximum Gasteiger partial charge on any atom is 0.256 e. The summed E-state index contributed by atoms with van der Waals surface area (Å²) >= 11 is 0. The molecule has 0 saturated carbocycles. The number of aryl methyl sites for hydroxylation is 1. The number of amides is 2. The van der Waals surface area contributed by atoms with E-state index in [1.54, 1.807) is 44.4 Å². The molecule has 0 aliphatic rings. The minimum Gasteiger partial charge on any atom is -0.496 e. The Labute approximate surface area is 162 Å². The predicted molar refractivity (Wildman–Crippen MR) is 105 cm³/mol. The molecule has 3 rings (SSSR count). The Morgan fingerprint density at radius 2 is 1.79 bits per heavy atom. The summed E-state index contributed by atoms with van der Waals surface area (Å²) < 4.78 is 10.2. The highest BCUT2D eigenvalue weighted by molar-refractivity contribution is 6.05. The molecule has 0 fully saturated rings. The van der Waals surface area contributed by atoms with Crippen molar-refractivity contribution < 1.29 is 18.8 Å². The van der Waals surface area contributed by atoms with Crippen LogP contribution >= 0.6 is 0 Å². The monoisotopic (exact) mass is 379 g/mol. The summed E-state index contributed by atoms with van der Waals surface area (Å²) in [5, 5.41) is 9.22. The van der Waals surface area contributed by atoms with E-state index in [0.717, 1.165) is 11.3 Å². The van der Waals surface area contributed by atoms with Crippen molar-refractivity contribution in [3.05, 3.63) is 77.0 Å². The summed E-state index contributed by atoms with van der Waals surface area (Å²) in [5.41, 5.74) is 1.78. The van der Waals surface area contributed by atoms with Crippen molar-refractivity contribution in [2.45, 2.75) is 13.3 Å². The number of benzene rings is 2. The van der Waals surface area contributed by atoms with E-state index in [1.165, 1.54) is 0 Å². The Kier molecular flexibility index (Phi) is 6.06. The van der Waals surface area contributed by atoms with Gasteiger partial charge >= 0.3 is 0 Å². The Morgan fingerprint density at radius 1 is 1.04 bits per heavy atom. The van der Waals surface area contributed by atoms with Crippen LogP contribution in [0.15, 0.2) is 59.1 Å². The third-order valence-electron chi connectivity index (χ3n) is 4.13. The number of hydrogen-bond donors (Lipinski definition) is 2. The third kappa shape index (κ3) is 4.76. The molecule has 1 heterocycles. The second-order valence-electron chi connectivity index (χ2n) is 6.18. The highest BCUT2D eigenvalue weighted by Crippen LogP contribution is 2.17. The zero-order valence-corrected chi connectivity index (χ0v) is 15.7. The first-order valence-corrected chi connectivity index (χ1v) is 8.81. The van der Waals surface area contributed by atoms with Crippen LogP contribution in [0.25, 0.3) is 0 Å². The standard InChI is InChI=1S/C21H21N3O4/c1-14-12-19(24-28-14)23-21(26)17-8-5-7-16(13-17)20(25)22-11-10-15-6-3-4-9-18(15)27-2/h3-9,12-13H,10-11H2,1-2H3,(H,22,25)(H,23,24,26). The molecule has 0 atom stereocenters. The maximum absolute atomic E-state index is 12.4. The molecule has 0 bridgehead atoms. The minimum atomic E-state index is -0.364. The Morgan fingerprint density at radius 3 is 2.50 bits per heavy atom. The van der Waals surface area contributed by atoms with Gasteiger partial charge in [0, 0.05) is 23.7 Å². The van der Waals surface area contributed by atoms with Gasteiger partial charge < -0.3 is 19.9 Å². The molecule has 2 amide bonds. The largest absolute Gasteiger partial charge is 0.496 e. The van der Waals surface area contributed by atoms with Crippen molar-refractivity contribution in [1.29, 1.82) is 0 Å². The number of para-hydroxylation sites is 1. The van der Waals surface area contributed by atoms with Crippen LogP contribution in [0.1, 0.15) is 32.0 Å². The smallest absolute Gasteiger partial charge is 0.256 e. The van der Waals surface area contributed by atoms with E-state index in [0.29, 0.717) is 35.7 Å². The number of carbonyl (C=O) groups excluding carboxylic acids is 2. The van der Waals surface area contributed by atoms with Crippen molar-refractivity contribution in [3.63, 3.8) is 0 Å². The lowest BCUT2D eigenvalue weighted by atomic mass is 10.1. The van der Waals surface area contributed by atoms with Crippen molar-refractivity contribution in [2.75, 3.05) is 19.0 Å². The lowest BCUT2D eigenvalue weighted by Gasteiger charge is -2.09. The fourth-order valence-electron chi connectivity index (χ4n) is 2.74. The Balaban J connectivity index is 1.59. The van der Waals surface area contributed by atoms with Gasteiger partial charge in [-0.3, -0.25) is 9.59 Å². The zero-order valence-electron chi connectivity index (χ0n) is 15.7. The first-order valence-electron chi connectivity index (χ1n) is 8.81. The van der Waals surface area contributed by atoms with Crippen LogP contribution in [0.3, 0.4) is 0 Å². The highest BCUT2D eigenvalue weighted by atomic mass is 16.5. The van der Waals surface area contributed by atoms with Gasteiger partial charge in [0.1, 0.15) is 11.5 Å². The third-order valence-corrected chi connectivity index (χ3v) is 4.13. The number of anilines is 1. The van der Waals surface area contributed by atoms with E-state index < -0.39 is 0 Å². The van der Waals surface area contributed by atoms with Crippen LogP contribution < -0.4 is 15.4 Å².